The fraction of sp³-hybridized carbons (Fsp3) is 0.0833. The number of benzene rings is 3. The largest absolute Gasteiger partial charge is 0.493 e. The van der Waals surface area contributed by atoms with E-state index in [1.807, 2.05) is 0 Å². The first-order valence-electron chi connectivity index (χ1n) is 9.73. The minimum absolute atomic E-state index is 0.0580. The van der Waals surface area contributed by atoms with E-state index in [-0.39, 0.29) is 18.2 Å². The Morgan fingerprint density at radius 2 is 1.94 bits per heavy atom. The summed E-state index contributed by atoms with van der Waals surface area (Å²) in [5.41, 5.74) is 1.94. The highest BCUT2D eigenvalue weighted by molar-refractivity contribution is 14.1. The molecule has 0 radical (unpaired) electrons. The predicted octanol–water partition coefficient (Wildman–Crippen LogP) is 5.94. The van der Waals surface area contributed by atoms with Gasteiger partial charge in [0.15, 0.2) is 18.1 Å². The minimum atomic E-state index is -0.500. The van der Waals surface area contributed by atoms with E-state index in [9.17, 15) is 20.2 Å². The van der Waals surface area contributed by atoms with Crippen molar-refractivity contribution in [2.24, 2.45) is 0 Å². The highest BCUT2D eigenvalue weighted by atomic mass is 127. The average Bonchev–Trinajstić information content (AvgIpc) is 2.83. The van der Waals surface area contributed by atoms with Gasteiger partial charge in [-0.2, -0.15) is 5.26 Å². The van der Waals surface area contributed by atoms with Crippen molar-refractivity contribution in [3.63, 3.8) is 0 Å². The number of nitriles is 1. The Labute approximate surface area is 214 Å². The fourth-order valence-corrected chi connectivity index (χ4v) is 3.92. The number of hydrogen-bond donors (Lipinski definition) is 1. The Morgan fingerprint density at radius 1 is 1.24 bits per heavy atom. The third-order valence-corrected chi connectivity index (χ3v) is 5.70. The Bertz CT molecular complexity index is 1300. The molecule has 0 heterocycles. The van der Waals surface area contributed by atoms with Crippen molar-refractivity contribution in [3.05, 3.63) is 90.5 Å². The molecule has 10 heteroatoms. The van der Waals surface area contributed by atoms with E-state index in [2.05, 4.69) is 34.0 Å². The number of hydrogen-bond acceptors (Lipinski definition) is 6. The zero-order valence-electron chi connectivity index (χ0n) is 17.7. The molecule has 0 unspecified atom stereocenters. The molecule has 0 saturated carbocycles. The molecular weight excluding hydrogens is 573 g/mol. The van der Waals surface area contributed by atoms with E-state index in [1.54, 1.807) is 42.5 Å². The molecule has 3 rings (SSSR count). The summed E-state index contributed by atoms with van der Waals surface area (Å²) in [6.45, 7) is -0.265. The van der Waals surface area contributed by atoms with Crippen molar-refractivity contribution in [3.8, 4) is 17.6 Å². The van der Waals surface area contributed by atoms with Crippen LogP contribution in [0.5, 0.6) is 11.5 Å². The SMILES string of the molecule is COc1cc(/C=C(\C#N)c2ccc([N+](=O)[O-])cc2)cc(I)c1OCC(=O)Nc1ccccc1Cl. The summed E-state index contributed by atoms with van der Waals surface area (Å²) < 4.78 is 11.8. The summed E-state index contributed by atoms with van der Waals surface area (Å²) in [5.74, 6) is 0.368. The van der Waals surface area contributed by atoms with Gasteiger partial charge in [-0.3, -0.25) is 14.9 Å². The molecule has 0 fully saturated rings. The van der Waals surface area contributed by atoms with Gasteiger partial charge >= 0.3 is 0 Å². The van der Waals surface area contributed by atoms with E-state index in [0.717, 1.165) is 0 Å². The molecule has 0 aromatic heterocycles. The van der Waals surface area contributed by atoms with Crippen LogP contribution >= 0.6 is 34.2 Å². The number of allylic oxidation sites excluding steroid dienone is 1. The Morgan fingerprint density at radius 3 is 2.56 bits per heavy atom. The van der Waals surface area contributed by atoms with E-state index in [4.69, 9.17) is 21.1 Å². The molecule has 0 atom stereocenters. The van der Waals surface area contributed by atoms with Crippen molar-refractivity contribution in [1.29, 1.82) is 5.26 Å². The van der Waals surface area contributed by atoms with Crippen LogP contribution in [0.25, 0.3) is 11.6 Å². The second-order valence-corrected chi connectivity index (χ2v) is 8.39. The molecule has 8 nitrogen and oxygen atoms in total. The molecule has 172 valence electrons. The van der Waals surface area contributed by atoms with Crippen molar-refractivity contribution >= 4 is 63.1 Å². The molecule has 1 amide bonds. The average molecular weight is 590 g/mol. The lowest BCUT2D eigenvalue weighted by atomic mass is 10.0. The van der Waals surface area contributed by atoms with E-state index in [1.165, 1.54) is 31.4 Å². The fourth-order valence-electron chi connectivity index (χ4n) is 2.96. The number of carbonyl (C=O) groups excluding carboxylic acids is 1. The molecule has 0 aliphatic carbocycles. The van der Waals surface area contributed by atoms with Crippen molar-refractivity contribution < 1.29 is 19.2 Å². The standard InChI is InChI=1S/C24H17ClIN3O5/c1-33-22-12-15(10-17(13-27)16-6-8-18(9-7-16)29(31)32)11-20(26)24(22)34-14-23(30)28-21-5-3-2-4-19(21)25/h2-12H,14H2,1H3,(H,28,30)/b17-10+. The van der Waals surface area contributed by atoms with Gasteiger partial charge < -0.3 is 14.8 Å². The van der Waals surface area contributed by atoms with Gasteiger partial charge in [0.05, 0.1) is 38.0 Å². The molecule has 0 aliphatic rings. The van der Waals surface area contributed by atoms with Crippen LogP contribution in [-0.4, -0.2) is 24.5 Å². The molecule has 1 N–H and O–H groups in total. The van der Waals surface area contributed by atoms with Crippen LogP contribution in [0.4, 0.5) is 11.4 Å². The smallest absolute Gasteiger partial charge is 0.269 e. The van der Waals surface area contributed by atoms with Crippen molar-refractivity contribution in [2.45, 2.75) is 0 Å². The highest BCUT2D eigenvalue weighted by Crippen LogP contribution is 2.35. The number of anilines is 1. The molecule has 0 aliphatic heterocycles. The lowest BCUT2D eigenvalue weighted by molar-refractivity contribution is -0.384. The van der Waals surface area contributed by atoms with Gasteiger partial charge in [0.1, 0.15) is 0 Å². The third kappa shape index (κ3) is 6.24. The third-order valence-electron chi connectivity index (χ3n) is 4.57. The number of halogens is 2. The molecule has 3 aromatic carbocycles. The second-order valence-electron chi connectivity index (χ2n) is 6.82. The van der Waals surface area contributed by atoms with Gasteiger partial charge in [-0.1, -0.05) is 23.7 Å². The summed E-state index contributed by atoms with van der Waals surface area (Å²) >= 11 is 8.11. The molecule has 34 heavy (non-hydrogen) atoms. The first-order valence-corrected chi connectivity index (χ1v) is 11.2. The maximum absolute atomic E-state index is 12.3. The van der Waals surface area contributed by atoms with Crippen LogP contribution < -0.4 is 14.8 Å². The number of nitrogens with zero attached hydrogens (tertiary/aromatic N) is 2. The number of nitrogens with one attached hydrogen (secondary N) is 1. The Hall–Kier alpha value is -3.62. The lowest BCUT2D eigenvalue weighted by Gasteiger charge is -2.14. The number of nitro groups is 1. The van der Waals surface area contributed by atoms with Gasteiger partial charge in [0.25, 0.3) is 11.6 Å². The number of amides is 1. The maximum Gasteiger partial charge on any atom is 0.269 e. The summed E-state index contributed by atoms with van der Waals surface area (Å²) in [4.78, 5) is 22.7. The van der Waals surface area contributed by atoms with E-state index < -0.39 is 4.92 Å². The quantitative estimate of drug-likeness (QED) is 0.114. The van der Waals surface area contributed by atoms with Crippen LogP contribution in [0.3, 0.4) is 0 Å². The molecular formula is C24H17ClIN3O5. The van der Waals surface area contributed by atoms with Crippen LogP contribution in [0.2, 0.25) is 5.02 Å². The topological polar surface area (TPSA) is 114 Å². The maximum atomic E-state index is 12.3. The Kier molecular flexibility index (Phi) is 8.45. The van der Waals surface area contributed by atoms with Crippen LogP contribution in [-0.2, 0) is 4.79 Å². The van der Waals surface area contributed by atoms with E-state index >= 15 is 0 Å². The number of rotatable bonds is 8. The minimum Gasteiger partial charge on any atom is -0.493 e. The summed E-state index contributed by atoms with van der Waals surface area (Å²) in [6, 6.07) is 18.1. The highest BCUT2D eigenvalue weighted by Gasteiger charge is 2.15. The van der Waals surface area contributed by atoms with Crippen molar-refractivity contribution in [2.75, 3.05) is 19.0 Å². The molecule has 0 bridgehead atoms. The second kappa shape index (κ2) is 11.5. The van der Waals surface area contributed by atoms with Crippen LogP contribution in [0.1, 0.15) is 11.1 Å². The number of para-hydroxylation sites is 1. The molecule has 3 aromatic rings. The van der Waals surface area contributed by atoms with Gasteiger partial charge in [-0.05, 0) is 76.2 Å². The lowest BCUT2D eigenvalue weighted by Crippen LogP contribution is -2.20. The van der Waals surface area contributed by atoms with Crippen LogP contribution in [0, 0.1) is 25.0 Å². The molecule has 0 spiro atoms. The zero-order chi connectivity index (χ0) is 24.7. The number of non-ortho nitro benzene ring substituents is 1. The summed E-state index contributed by atoms with van der Waals surface area (Å²) in [7, 11) is 1.47. The first-order chi connectivity index (χ1) is 16.3. The van der Waals surface area contributed by atoms with Gasteiger partial charge in [0.2, 0.25) is 0 Å². The van der Waals surface area contributed by atoms with Crippen LogP contribution in [0.15, 0.2) is 60.7 Å². The number of methoxy groups -OCH3 is 1. The number of ether oxygens (including phenoxy) is 2. The first kappa shape index (κ1) is 25.0. The zero-order valence-corrected chi connectivity index (χ0v) is 20.7. The van der Waals surface area contributed by atoms with E-state index in [0.29, 0.717) is 42.5 Å². The van der Waals surface area contributed by atoms with Gasteiger partial charge in [0, 0.05) is 12.1 Å². The summed E-state index contributed by atoms with van der Waals surface area (Å²) in [6.07, 6.45) is 1.64. The molecule has 0 saturated heterocycles. The van der Waals surface area contributed by atoms with Gasteiger partial charge in [-0.25, -0.2) is 0 Å². The Balaban J connectivity index is 1.79. The summed E-state index contributed by atoms with van der Waals surface area (Å²) in [5, 5.41) is 23.5. The predicted molar refractivity (Wildman–Crippen MR) is 138 cm³/mol. The number of carbonyl (C=O) groups is 1. The van der Waals surface area contributed by atoms with Crippen molar-refractivity contribution in [1.82, 2.24) is 0 Å². The normalized spacial score (nSPS) is 10.8. The van der Waals surface area contributed by atoms with Gasteiger partial charge in [-0.15, -0.1) is 0 Å². The number of nitro benzene ring substituents is 1. The monoisotopic (exact) mass is 589 g/mol.